The first-order chi connectivity index (χ1) is 27.5. The maximum Gasteiger partial charge on any atom is 0.306 e. The van der Waals surface area contributed by atoms with Gasteiger partial charge in [0.05, 0.1) is 25.2 Å². The Bertz CT molecular complexity index is 1100. The van der Waals surface area contributed by atoms with Crippen LogP contribution in [0.2, 0.25) is 0 Å². The number of rotatable bonds is 39. The minimum absolute atomic E-state index is 0.0369. The molecule has 3 unspecified atom stereocenters. The highest BCUT2D eigenvalue weighted by atomic mass is 16.5. The molecule has 0 aliphatic carbocycles. The van der Waals surface area contributed by atoms with Crippen LogP contribution in [-0.4, -0.2) is 46.9 Å². The van der Waals surface area contributed by atoms with E-state index in [0.29, 0.717) is 19.3 Å². The molecule has 0 saturated heterocycles. The second-order valence-electron chi connectivity index (χ2n) is 15.1. The van der Waals surface area contributed by atoms with Gasteiger partial charge in [-0.3, -0.25) is 9.59 Å². The van der Waals surface area contributed by atoms with E-state index in [1.807, 2.05) is 18.2 Å². The first-order valence-electron chi connectivity index (χ1n) is 22.9. The Morgan fingerprint density at radius 3 is 1.70 bits per heavy atom. The van der Waals surface area contributed by atoms with Crippen molar-refractivity contribution in [3.05, 3.63) is 85.1 Å². The van der Waals surface area contributed by atoms with Crippen LogP contribution in [0.3, 0.4) is 0 Å². The standard InChI is InChI=1S/C50H85NO5/c1-4-7-10-13-16-19-22-24-25-26-28-31-34-37-40-43-50(55)56-46(41-38-35-32-29-27-23-20-17-14-11-8-5-2)44-49(54)51-47(45-52)48(53)42-39-36-33-30-21-18-15-12-9-6-3/h7-8,10-11,13,16-17,19-20,22,24-25,27,29,46-48,52-53H,4-6,9,12,14-15,18,21,23,26,28,30-45H2,1-3H3,(H,51,54)/b10-7+,11-8+,16-13+,20-17+,22-19+,25-24-,29-27+. The summed E-state index contributed by atoms with van der Waals surface area (Å²) in [6.07, 6.45) is 55.0. The quantitative estimate of drug-likeness (QED) is 0.0250. The van der Waals surface area contributed by atoms with Crippen molar-refractivity contribution < 1.29 is 24.5 Å². The number of unbranched alkanes of at least 4 members (excludes halogenated alkanes) is 16. The topological polar surface area (TPSA) is 95.9 Å². The molecule has 1 amide bonds. The molecule has 0 aliphatic heterocycles. The first-order valence-corrected chi connectivity index (χ1v) is 22.9. The average Bonchev–Trinajstić information content (AvgIpc) is 3.19. The molecule has 6 nitrogen and oxygen atoms in total. The fourth-order valence-corrected chi connectivity index (χ4v) is 6.39. The van der Waals surface area contributed by atoms with E-state index in [4.69, 9.17) is 4.74 Å². The minimum atomic E-state index is -0.804. The molecule has 0 rings (SSSR count). The number of allylic oxidation sites excluding steroid dienone is 14. The number of carbonyl (C=O) groups excluding carboxylic acids is 2. The normalized spacial score (nSPS) is 14.2. The van der Waals surface area contributed by atoms with Gasteiger partial charge >= 0.3 is 5.97 Å². The van der Waals surface area contributed by atoms with E-state index in [1.54, 1.807) is 0 Å². The molecule has 0 bridgehead atoms. The van der Waals surface area contributed by atoms with Gasteiger partial charge in [0.2, 0.25) is 5.91 Å². The summed E-state index contributed by atoms with van der Waals surface area (Å²) in [7, 11) is 0. The smallest absolute Gasteiger partial charge is 0.306 e. The van der Waals surface area contributed by atoms with Crippen LogP contribution in [0.1, 0.15) is 194 Å². The average molecular weight is 780 g/mol. The SMILES string of the molecule is CC/C=C/C=C/C=C/C=C\CCCCCCCC(=O)OC(CCCC/C=C/C/C=C/C/C=C/CC)CC(=O)NC(CO)C(O)CCCCCCCCCCCC. The van der Waals surface area contributed by atoms with E-state index < -0.39 is 18.2 Å². The van der Waals surface area contributed by atoms with Crippen LogP contribution >= 0.6 is 0 Å². The van der Waals surface area contributed by atoms with Crippen molar-refractivity contribution in [2.75, 3.05) is 6.61 Å². The van der Waals surface area contributed by atoms with Crippen molar-refractivity contribution in [1.82, 2.24) is 5.32 Å². The molecule has 0 aliphatic rings. The Hall–Kier alpha value is -2.96. The molecule has 0 aromatic carbocycles. The lowest BCUT2D eigenvalue weighted by Gasteiger charge is -2.24. The van der Waals surface area contributed by atoms with Crippen molar-refractivity contribution >= 4 is 11.9 Å². The van der Waals surface area contributed by atoms with Gasteiger partial charge < -0.3 is 20.3 Å². The lowest BCUT2D eigenvalue weighted by atomic mass is 10.0. The van der Waals surface area contributed by atoms with Gasteiger partial charge in [-0.25, -0.2) is 0 Å². The molecule has 3 N–H and O–H groups in total. The zero-order valence-corrected chi connectivity index (χ0v) is 36.2. The van der Waals surface area contributed by atoms with Crippen LogP contribution in [0, 0.1) is 0 Å². The summed E-state index contributed by atoms with van der Waals surface area (Å²) in [5, 5.41) is 23.6. The van der Waals surface area contributed by atoms with Crippen molar-refractivity contribution in [2.45, 2.75) is 212 Å². The number of aliphatic hydroxyl groups is 2. The highest BCUT2D eigenvalue weighted by Gasteiger charge is 2.24. The molecule has 6 heteroatoms. The Morgan fingerprint density at radius 1 is 0.554 bits per heavy atom. The third-order valence-electron chi connectivity index (χ3n) is 9.81. The van der Waals surface area contributed by atoms with Crippen molar-refractivity contribution in [3.63, 3.8) is 0 Å². The molecule has 0 aromatic rings. The summed E-state index contributed by atoms with van der Waals surface area (Å²) in [4.78, 5) is 26.0. The van der Waals surface area contributed by atoms with Crippen molar-refractivity contribution in [2.24, 2.45) is 0 Å². The summed E-state index contributed by atoms with van der Waals surface area (Å²) in [5.74, 6) is -0.550. The number of nitrogens with one attached hydrogen (secondary N) is 1. The van der Waals surface area contributed by atoms with E-state index in [0.717, 1.165) is 103 Å². The van der Waals surface area contributed by atoms with E-state index in [-0.39, 0.29) is 24.9 Å². The Balaban J connectivity index is 4.71. The number of aliphatic hydroxyl groups excluding tert-OH is 2. The fraction of sp³-hybridized carbons (Fsp3) is 0.680. The van der Waals surface area contributed by atoms with Crippen LogP contribution in [0.5, 0.6) is 0 Å². The number of amides is 1. The Labute approximate surface area is 344 Å². The summed E-state index contributed by atoms with van der Waals surface area (Å²) >= 11 is 0. The summed E-state index contributed by atoms with van der Waals surface area (Å²) < 4.78 is 5.87. The fourth-order valence-electron chi connectivity index (χ4n) is 6.39. The second kappa shape index (κ2) is 43.2. The third-order valence-corrected chi connectivity index (χ3v) is 9.81. The maximum absolute atomic E-state index is 13.1. The molecule has 56 heavy (non-hydrogen) atoms. The van der Waals surface area contributed by atoms with Gasteiger partial charge in [-0.15, -0.1) is 0 Å². The second-order valence-corrected chi connectivity index (χ2v) is 15.1. The van der Waals surface area contributed by atoms with Crippen LogP contribution in [0.4, 0.5) is 0 Å². The molecule has 320 valence electrons. The van der Waals surface area contributed by atoms with Crippen LogP contribution < -0.4 is 5.32 Å². The summed E-state index contributed by atoms with van der Waals surface area (Å²) in [5.41, 5.74) is 0. The zero-order chi connectivity index (χ0) is 41.0. The highest BCUT2D eigenvalue weighted by molar-refractivity contribution is 5.77. The van der Waals surface area contributed by atoms with Gasteiger partial charge in [-0.1, -0.05) is 189 Å². The molecule has 0 fully saturated rings. The highest BCUT2D eigenvalue weighted by Crippen LogP contribution is 2.16. The van der Waals surface area contributed by atoms with Crippen LogP contribution in [-0.2, 0) is 14.3 Å². The van der Waals surface area contributed by atoms with Gasteiger partial charge in [0.15, 0.2) is 0 Å². The Morgan fingerprint density at radius 2 is 1.05 bits per heavy atom. The Kier molecular flexibility index (Phi) is 40.9. The van der Waals surface area contributed by atoms with Gasteiger partial charge in [0.1, 0.15) is 6.10 Å². The van der Waals surface area contributed by atoms with E-state index in [1.165, 1.54) is 44.9 Å². The predicted octanol–water partition coefficient (Wildman–Crippen LogP) is 13.2. The molecule has 0 heterocycles. The monoisotopic (exact) mass is 780 g/mol. The molecule has 0 aromatic heterocycles. The van der Waals surface area contributed by atoms with Gasteiger partial charge in [-0.2, -0.15) is 0 Å². The summed E-state index contributed by atoms with van der Waals surface area (Å²) in [6.45, 7) is 6.18. The van der Waals surface area contributed by atoms with E-state index in [2.05, 4.69) is 92.9 Å². The number of esters is 1. The lowest BCUT2D eigenvalue weighted by molar-refractivity contribution is -0.151. The van der Waals surface area contributed by atoms with Gasteiger partial charge in [-0.05, 0) is 77.0 Å². The largest absolute Gasteiger partial charge is 0.462 e. The molecular formula is C50H85NO5. The van der Waals surface area contributed by atoms with Crippen LogP contribution in [0.15, 0.2) is 85.1 Å². The number of ether oxygens (including phenoxy) is 1. The number of hydrogen-bond donors (Lipinski definition) is 3. The molecular weight excluding hydrogens is 695 g/mol. The van der Waals surface area contributed by atoms with E-state index >= 15 is 0 Å². The molecule has 0 radical (unpaired) electrons. The number of carbonyl (C=O) groups is 2. The maximum atomic E-state index is 13.1. The van der Waals surface area contributed by atoms with Crippen LogP contribution in [0.25, 0.3) is 0 Å². The zero-order valence-electron chi connectivity index (χ0n) is 36.2. The van der Waals surface area contributed by atoms with Gasteiger partial charge in [0.25, 0.3) is 0 Å². The van der Waals surface area contributed by atoms with Crippen molar-refractivity contribution in [3.8, 4) is 0 Å². The van der Waals surface area contributed by atoms with E-state index in [9.17, 15) is 19.8 Å². The molecule has 0 saturated carbocycles. The minimum Gasteiger partial charge on any atom is -0.462 e. The third kappa shape index (κ3) is 37.9. The lowest BCUT2D eigenvalue weighted by Crippen LogP contribution is -2.46. The predicted molar refractivity (Wildman–Crippen MR) is 241 cm³/mol. The first kappa shape index (κ1) is 53.0. The molecule has 0 spiro atoms. The summed E-state index contributed by atoms with van der Waals surface area (Å²) in [6, 6.07) is -0.721. The van der Waals surface area contributed by atoms with Gasteiger partial charge in [0, 0.05) is 6.42 Å². The molecule has 3 atom stereocenters. The van der Waals surface area contributed by atoms with Crippen molar-refractivity contribution in [1.29, 1.82) is 0 Å². The number of hydrogen-bond acceptors (Lipinski definition) is 5.